The van der Waals surface area contributed by atoms with E-state index in [-0.39, 0.29) is 25.7 Å². The lowest BCUT2D eigenvalue weighted by Crippen LogP contribution is -2.66. The maximum atomic E-state index is 11.2. The third-order valence-electron chi connectivity index (χ3n) is 4.46. The Labute approximate surface area is 164 Å². The summed E-state index contributed by atoms with van der Waals surface area (Å²) in [5.41, 5.74) is 4.14. The molecule has 11 nitrogen and oxygen atoms in total. The Morgan fingerprint density at radius 3 is 2.21 bits per heavy atom. The van der Waals surface area contributed by atoms with Crippen LogP contribution < -0.4 is 11.1 Å². The molecule has 0 unspecified atom stereocenters. The molecule has 0 saturated carbocycles. The highest BCUT2D eigenvalue weighted by Crippen LogP contribution is 2.37. The van der Waals surface area contributed by atoms with Crippen molar-refractivity contribution in [1.29, 1.82) is 0 Å². The Morgan fingerprint density at radius 1 is 1.07 bits per heavy atom. The van der Waals surface area contributed by atoms with Gasteiger partial charge in [0.25, 0.3) is 0 Å². The van der Waals surface area contributed by atoms with Crippen molar-refractivity contribution < 1.29 is 43.4 Å². The number of aliphatic hydroxyl groups excluding tert-OH is 2. The molecule has 5 atom stereocenters. The van der Waals surface area contributed by atoms with Crippen LogP contribution in [0.3, 0.4) is 0 Å². The van der Waals surface area contributed by atoms with E-state index >= 15 is 0 Å². The molecule has 2 rings (SSSR count). The zero-order chi connectivity index (χ0) is 20.4. The molecule has 0 aromatic carbocycles. The van der Waals surface area contributed by atoms with Crippen LogP contribution in [0.5, 0.6) is 0 Å². The number of nitrogens with two attached hydrogens (primary N) is 1. The van der Waals surface area contributed by atoms with E-state index in [2.05, 4.69) is 5.32 Å². The van der Waals surface area contributed by atoms with E-state index in [9.17, 15) is 15.0 Å². The van der Waals surface area contributed by atoms with Gasteiger partial charge in [0.15, 0.2) is 6.29 Å². The van der Waals surface area contributed by atoms with Gasteiger partial charge in [-0.25, -0.2) is 0 Å². The first-order chi connectivity index (χ1) is 13.5. The lowest BCUT2D eigenvalue weighted by atomic mass is 9.88. The molecule has 164 valence electrons. The first-order valence-corrected chi connectivity index (χ1v) is 9.44. The van der Waals surface area contributed by atoms with Crippen molar-refractivity contribution in [3.63, 3.8) is 0 Å². The quantitative estimate of drug-likeness (QED) is 0.225. The zero-order valence-electron chi connectivity index (χ0n) is 16.2. The number of fused-ring (bicyclic) bond motifs is 2. The van der Waals surface area contributed by atoms with E-state index in [1.54, 1.807) is 0 Å². The van der Waals surface area contributed by atoms with Crippen LogP contribution in [0.4, 0.5) is 0 Å². The summed E-state index contributed by atoms with van der Waals surface area (Å²) in [5, 5.41) is 23.3. The van der Waals surface area contributed by atoms with Crippen molar-refractivity contribution in [2.24, 2.45) is 5.73 Å². The van der Waals surface area contributed by atoms with Crippen LogP contribution in [-0.4, -0.2) is 112 Å². The van der Waals surface area contributed by atoms with E-state index in [0.717, 1.165) is 0 Å². The van der Waals surface area contributed by atoms with Crippen molar-refractivity contribution >= 4 is 5.91 Å². The third kappa shape index (κ3) is 6.58. The number of amides is 1. The molecule has 0 aromatic rings. The Hall–Kier alpha value is -0.890. The van der Waals surface area contributed by atoms with E-state index < -0.39 is 30.1 Å². The fourth-order valence-electron chi connectivity index (χ4n) is 3.06. The summed E-state index contributed by atoms with van der Waals surface area (Å²) in [7, 11) is 0. The highest BCUT2D eigenvalue weighted by molar-refractivity contribution is 5.73. The summed E-state index contributed by atoms with van der Waals surface area (Å²) >= 11 is 0. The summed E-state index contributed by atoms with van der Waals surface area (Å²) < 4.78 is 32.7. The van der Waals surface area contributed by atoms with Gasteiger partial charge in [-0.15, -0.1) is 0 Å². The number of carbonyl (C=O) groups excluding carboxylic acids is 1. The Bertz CT molecular complexity index is 470. The molecule has 2 fully saturated rings. The smallest absolute Gasteiger partial charge is 0.217 e. The zero-order valence-corrected chi connectivity index (χ0v) is 16.2. The second-order valence-electron chi connectivity index (χ2n) is 6.70. The highest BCUT2D eigenvalue weighted by Gasteiger charge is 2.59. The molecule has 28 heavy (non-hydrogen) atoms. The lowest BCUT2D eigenvalue weighted by Gasteiger charge is -2.42. The summed E-state index contributed by atoms with van der Waals surface area (Å²) in [4.78, 5) is 11.2. The van der Waals surface area contributed by atoms with E-state index in [0.29, 0.717) is 46.2 Å². The molecule has 2 aliphatic heterocycles. The molecular formula is C17H32N2O9. The van der Waals surface area contributed by atoms with Gasteiger partial charge in [0.2, 0.25) is 5.91 Å². The van der Waals surface area contributed by atoms with Crippen LogP contribution in [0.1, 0.15) is 6.92 Å². The SMILES string of the molecule is CC(=O)N[C@H]1[C@H]2OC[C@](COCCOCCOCCOCCN)(O2)[C@H](O)[C@@H]1O. The molecule has 2 bridgehead atoms. The molecule has 0 spiro atoms. The third-order valence-corrected chi connectivity index (χ3v) is 4.46. The van der Waals surface area contributed by atoms with Crippen LogP contribution >= 0.6 is 0 Å². The van der Waals surface area contributed by atoms with Crippen LogP contribution in [-0.2, 0) is 33.2 Å². The minimum absolute atomic E-state index is 0.0346. The fourth-order valence-corrected chi connectivity index (χ4v) is 3.06. The van der Waals surface area contributed by atoms with Crippen molar-refractivity contribution in [3.8, 4) is 0 Å². The summed E-state index contributed by atoms with van der Waals surface area (Å²) in [6, 6.07) is -0.827. The average molecular weight is 408 g/mol. The number of ether oxygens (including phenoxy) is 6. The molecule has 2 saturated heterocycles. The standard InChI is InChI=1S/C17H32N2O9/c1-12(20)19-13-14(21)15(22)17(11-27-16(13)28-17)10-26-9-8-25-7-6-24-5-4-23-3-2-18/h13-16,21-22H,2-11,18H2,1H3,(H,19,20)/t13-,14-,15-,16+,17+/m1/s1. The maximum Gasteiger partial charge on any atom is 0.217 e. The van der Waals surface area contributed by atoms with Crippen molar-refractivity contribution in [2.45, 2.75) is 37.1 Å². The fraction of sp³-hybridized carbons (Fsp3) is 0.941. The van der Waals surface area contributed by atoms with Crippen molar-refractivity contribution in [2.75, 3.05) is 66.0 Å². The van der Waals surface area contributed by atoms with Gasteiger partial charge in [-0.1, -0.05) is 0 Å². The topological polar surface area (TPSA) is 151 Å². The molecule has 0 aliphatic carbocycles. The molecule has 11 heteroatoms. The monoisotopic (exact) mass is 408 g/mol. The molecular weight excluding hydrogens is 376 g/mol. The van der Waals surface area contributed by atoms with Gasteiger partial charge >= 0.3 is 0 Å². The average Bonchev–Trinajstić information content (AvgIpc) is 3.07. The number of aliphatic hydroxyl groups is 2. The number of carbonyl (C=O) groups is 1. The number of nitrogens with one attached hydrogen (secondary N) is 1. The lowest BCUT2D eigenvalue weighted by molar-refractivity contribution is -0.238. The largest absolute Gasteiger partial charge is 0.388 e. The number of rotatable bonds is 14. The van der Waals surface area contributed by atoms with Crippen LogP contribution in [0.2, 0.25) is 0 Å². The van der Waals surface area contributed by atoms with E-state index in [1.165, 1.54) is 6.92 Å². The molecule has 0 radical (unpaired) electrons. The minimum Gasteiger partial charge on any atom is -0.388 e. The van der Waals surface area contributed by atoms with Gasteiger partial charge in [0.05, 0.1) is 59.5 Å². The first-order valence-electron chi connectivity index (χ1n) is 9.44. The minimum atomic E-state index is -1.25. The van der Waals surface area contributed by atoms with Gasteiger partial charge in [-0.2, -0.15) is 0 Å². The van der Waals surface area contributed by atoms with Crippen molar-refractivity contribution in [3.05, 3.63) is 0 Å². The van der Waals surface area contributed by atoms with Gasteiger partial charge in [0.1, 0.15) is 23.9 Å². The summed E-state index contributed by atoms with van der Waals surface area (Å²) in [6.07, 6.45) is -3.29. The Morgan fingerprint density at radius 2 is 1.64 bits per heavy atom. The predicted molar refractivity (Wildman–Crippen MR) is 95.5 cm³/mol. The summed E-state index contributed by atoms with van der Waals surface area (Å²) in [6.45, 7) is 4.93. The predicted octanol–water partition coefficient (Wildman–Crippen LogP) is -2.64. The maximum absolute atomic E-state index is 11.2. The Kier molecular flexibility index (Phi) is 9.99. The molecule has 2 aliphatic rings. The van der Waals surface area contributed by atoms with Crippen LogP contribution in [0, 0.1) is 0 Å². The van der Waals surface area contributed by atoms with Gasteiger partial charge in [-0.3, -0.25) is 4.79 Å². The summed E-state index contributed by atoms with van der Waals surface area (Å²) in [5.74, 6) is -0.344. The van der Waals surface area contributed by atoms with Gasteiger partial charge < -0.3 is 49.7 Å². The van der Waals surface area contributed by atoms with Crippen LogP contribution in [0.25, 0.3) is 0 Å². The number of hydrogen-bond donors (Lipinski definition) is 4. The Balaban J connectivity index is 1.56. The highest BCUT2D eigenvalue weighted by atomic mass is 16.8. The number of hydrogen-bond acceptors (Lipinski definition) is 10. The van der Waals surface area contributed by atoms with E-state index in [1.807, 2.05) is 0 Å². The molecule has 0 aromatic heterocycles. The molecule has 5 N–H and O–H groups in total. The van der Waals surface area contributed by atoms with Crippen molar-refractivity contribution in [1.82, 2.24) is 5.32 Å². The normalized spacial score (nSPS) is 31.9. The first kappa shape index (κ1) is 23.4. The second-order valence-corrected chi connectivity index (χ2v) is 6.70. The van der Waals surface area contributed by atoms with E-state index in [4.69, 9.17) is 34.2 Å². The second kappa shape index (κ2) is 12.0. The van der Waals surface area contributed by atoms with Crippen LogP contribution in [0.15, 0.2) is 0 Å². The molecule has 2 heterocycles. The van der Waals surface area contributed by atoms with Gasteiger partial charge in [0, 0.05) is 13.5 Å². The molecule has 1 amide bonds. The van der Waals surface area contributed by atoms with Gasteiger partial charge in [-0.05, 0) is 0 Å².